The number of anilines is 1. The summed E-state index contributed by atoms with van der Waals surface area (Å²) < 4.78 is 0. The van der Waals surface area contributed by atoms with Crippen molar-refractivity contribution in [1.29, 1.82) is 0 Å². The minimum absolute atomic E-state index is 0.334. The van der Waals surface area contributed by atoms with Crippen LogP contribution in [0, 0.1) is 5.92 Å². The van der Waals surface area contributed by atoms with E-state index in [1.165, 1.54) is 24.0 Å². The van der Waals surface area contributed by atoms with Gasteiger partial charge in [-0.05, 0) is 49.1 Å². The lowest BCUT2D eigenvalue weighted by molar-refractivity contribution is 0.0626. The molecular weight excluding hydrogens is 198 g/mol. The second-order valence-corrected chi connectivity index (χ2v) is 5.20. The molecule has 0 aliphatic heterocycles. The highest BCUT2D eigenvalue weighted by atomic mass is 16.3. The number of hydrogen-bond acceptors (Lipinski definition) is 2. The van der Waals surface area contributed by atoms with Crippen molar-refractivity contribution in [2.75, 3.05) is 5.73 Å². The maximum atomic E-state index is 10.3. The molecule has 1 saturated carbocycles. The number of nitrogens with two attached hydrogens (primary N) is 1. The highest BCUT2D eigenvalue weighted by Crippen LogP contribution is 2.41. The molecule has 1 unspecified atom stereocenters. The Kier molecular flexibility index (Phi) is 2.40. The minimum atomic E-state index is -0.334. The van der Waals surface area contributed by atoms with E-state index in [0.29, 0.717) is 5.92 Å². The summed E-state index contributed by atoms with van der Waals surface area (Å²) in [4.78, 5) is 0. The zero-order valence-corrected chi connectivity index (χ0v) is 9.58. The molecule has 3 rings (SSSR count). The Bertz CT molecular complexity index is 409. The molecule has 86 valence electrons. The Balaban J connectivity index is 1.95. The summed E-state index contributed by atoms with van der Waals surface area (Å²) in [5.41, 5.74) is 10.7. The smallest absolute Gasteiger partial charge is 0.0838 e. The molecule has 2 heteroatoms. The van der Waals surface area contributed by atoms with Gasteiger partial charge < -0.3 is 10.8 Å². The van der Waals surface area contributed by atoms with Crippen LogP contribution in [0.15, 0.2) is 12.1 Å². The van der Waals surface area contributed by atoms with Crippen molar-refractivity contribution in [2.24, 2.45) is 5.92 Å². The van der Waals surface area contributed by atoms with Gasteiger partial charge in [0, 0.05) is 11.3 Å². The highest BCUT2D eigenvalue weighted by Gasteiger charge is 2.29. The zero-order valence-electron chi connectivity index (χ0n) is 9.58. The molecule has 16 heavy (non-hydrogen) atoms. The lowest BCUT2D eigenvalue weighted by atomic mass is 9.78. The van der Waals surface area contributed by atoms with Gasteiger partial charge in [0.2, 0.25) is 0 Å². The summed E-state index contributed by atoms with van der Waals surface area (Å²) in [5.74, 6) is 0.446. The number of aryl methyl sites for hydroxylation is 1. The Morgan fingerprint density at radius 1 is 1.19 bits per heavy atom. The van der Waals surface area contributed by atoms with Crippen LogP contribution in [0.5, 0.6) is 0 Å². The van der Waals surface area contributed by atoms with Crippen LogP contribution >= 0.6 is 0 Å². The zero-order chi connectivity index (χ0) is 11.1. The lowest BCUT2D eigenvalue weighted by Gasteiger charge is -2.31. The van der Waals surface area contributed by atoms with Crippen LogP contribution in [0.3, 0.4) is 0 Å². The second kappa shape index (κ2) is 3.77. The van der Waals surface area contributed by atoms with E-state index in [-0.39, 0.29) is 6.10 Å². The summed E-state index contributed by atoms with van der Waals surface area (Å²) >= 11 is 0. The lowest BCUT2D eigenvalue weighted by Crippen LogP contribution is -2.21. The number of aliphatic hydroxyl groups is 1. The van der Waals surface area contributed by atoms with Gasteiger partial charge in [0.25, 0.3) is 0 Å². The monoisotopic (exact) mass is 217 g/mol. The number of benzene rings is 1. The molecule has 3 N–H and O–H groups in total. The summed E-state index contributed by atoms with van der Waals surface area (Å²) in [5, 5.41) is 10.3. The largest absolute Gasteiger partial charge is 0.398 e. The van der Waals surface area contributed by atoms with E-state index in [0.717, 1.165) is 36.9 Å². The minimum Gasteiger partial charge on any atom is -0.398 e. The first-order valence-electron chi connectivity index (χ1n) is 6.35. The van der Waals surface area contributed by atoms with E-state index < -0.39 is 0 Å². The Labute approximate surface area is 96.5 Å². The average molecular weight is 217 g/mol. The standard InChI is InChI=1S/C14H19NO/c15-13-11-6-2-3-9(11)7-8-12(13)14(16)10-4-1-5-10/h7-8,10,14,16H,1-6,15H2. The first-order chi connectivity index (χ1) is 7.77. The third-order valence-corrected chi connectivity index (χ3v) is 4.28. The van der Waals surface area contributed by atoms with Crippen LogP contribution in [-0.2, 0) is 12.8 Å². The van der Waals surface area contributed by atoms with E-state index in [1.54, 1.807) is 0 Å². The molecule has 0 heterocycles. The van der Waals surface area contributed by atoms with Crippen molar-refractivity contribution in [2.45, 2.75) is 44.6 Å². The van der Waals surface area contributed by atoms with Crippen molar-refractivity contribution in [1.82, 2.24) is 0 Å². The molecular formula is C14H19NO. The van der Waals surface area contributed by atoms with Gasteiger partial charge in [0.1, 0.15) is 0 Å². The van der Waals surface area contributed by atoms with Crippen molar-refractivity contribution in [3.8, 4) is 0 Å². The van der Waals surface area contributed by atoms with Gasteiger partial charge in [0.15, 0.2) is 0 Å². The normalized spacial score (nSPS) is 21.6. The molecule has 0 radical (unpaired) electrons. The van der Waals surface area contributed by atoms with Crippen molar-refractivity contribution in [3.05, 3.63) is 28.8 Å². The first kappa shape index (κ1) is 10.2. The molecule has 2 aliphatic rings. The molecule has 2 aliphatic carbocycles. The number of nitrogen functional groups attached to an aromatic ring is 1. The molecule has 0 bridgehead atoms. The fourth-order valence-electron chi connectivity index (χ4n) is 2.98. The van der Waals surface area contributed by atoms with Crippen LogP contribution < -0.4 is 5.73 Å². The summed E-state index contributed by atoms with van der Waals surface area (Å²) in [6.45, 7) is 0. The van der Waals surface area contributed by atoms with E-state index in [4.69, 9.17) is 5.73 Å². The first-order valence-corrected chi connectivity index (χ1v) is 6.35. The van der Waals surface area contributed by atoms with E-state index in [2.05, 4.69) is 6.07 Å². The number of hydrogen-bond donors (Lipinski definition) is 2. The summed E-state index contributed by atoms with van der Waals surface area (Å²) in [6, 6.07) is 4.21. The van der Waals surface area contributed by atoms with Gasteiger partial charge >= 0.3 is 0 Å². The number of aliphatic hydroxyl groups excluding tert-OH is 1. The van der Waals surface area contributed by atoms with E-state index in [1.807, 2.05) is 6.07 Å². The fraction of sp³-hybridized carbons (Fsp3) is 0.571. The molecule has 1 aromatic carbocycles. The third-order valence-electron chi connectivity index (χ3n) is 4.28. The summed E-state index contributed by atoms with van der Waals surface area (Å²) in [6.07, 6.45) is 6.68. The molecule has 1 aromatic rings. The van der Waals surface area contributed by atoms with Crippen molar-refractivity contribution >= 4 is 5.69 Å². The maximum Gasteiger partial charge on any atom is 0.0838 e. The van der Waals surface area contributed by atoms with Crippen LogP contribution in [0.25, 0.3) is 0 Å². The van der Waals surface area contributed by atoms with Crippen LogP contribution in [0.1, 0.15) is 48.5 Å². The van der Waals surface area contributed by atoms with E-state index >= 15 is 0 Å². The van der Waals surface area contributed by atoms with Crippen molar-refractivity contribution in [3.63, 3.8) is 0 Å². The van der Waals surface area contributed by atoms with Gasteiger partial charge in [-0.1, -0.05) is 18.6 Å². The highest BCUT2D eigenvalue weighted by molar-refractivity contribution is 5.59. The number of rotatable bonds is 2. The topological polar surface area (TPSA) is 46.2 Å². The average Bonchev–Trinajstić information content (AvgIpc) is 2.63. The van der Waals surface area contributed by atoms with Crippen LogP contribution in [0.2, 0.25) is 0 Å². The molecule has 0 aromatic heterocycles. The SMILES string of the molecule is Nc1c(C(O)C2CCC2)ccc2c1CCC2. The quantitative estimate of drug-likeness (QED) is 0.748. The van der Waals surface area contributed by atoms with Gasteiger partial charge in [-0.2, -0.15) is 0 Å². The number of fused-ring (bicyclic) bond motifs is 1. The maximum absolute atomic E-state index is 10.3. The van der Waals surface area contributed by atoms with Gasteiger partial charge in [0.05, 0.1) is 6.10 Å². The van der Waals surface area contributed by atoms with Gasteiger partial charge in [-0.15, -0.1) is 0 Å². The Hall–Kier alpha value is -1.02. The van der Waals surface area contributed by atoms with Crippen LogP contribution in [-0.4, -0.2) is 5.11 Å². The summed E-state index contributed by atoms with van der Waals surface area (Å²) in [7, 11) is 0. The Morgan fingerprint density at radius 2 is 2.00 bits per heavy atom. The fourth-order valence-corrected chi connectivity index (χ4v) is 2.98. The molecule has 0 amide bonds. The molecule has 0 saturated heterocycles. The molecule has 1 fully saturated rings. The third kappa shape index (κ3) is 1.44. The predicted molar refractivity (Wildman–Crippen MR) is 65.2 cm³/mol. The molecule has 1 atom stereocenters. The van der Waals surface area contributed by atoms with E-state index in [9.17, 15) is 5.11 Å². The second-order valence-electron chi connectivity index (χ2n) is 5.20. The van der Waals surface area contributed by atoms with Gasteiger partial charge in [-0.25, -0.2) is 0 Å². The van der Waals surface area contributed by atoms with Crippen LogP contribution in [0.4, 0.5) is 5.69 Å². The predicted octanol–water partition coefficient (Wildman–Crippen LogP) is 2.59. The van der Waals surface area contributed by atoms with Crippen molar-refractivity contribution < 1.29 is 5.11 Å². The molecule has 0 spiro atoms. The Morgan fingerprint density at radius 3 is 2.69 bits per heavy atom. The van der Waals surface area contributed by atoms with Gasteiger partial charge in [-0.3, -0.25) is 0 Å². The molecule has 2 nitrogen and oxygen atoms in total.